The zero-order valence-corrected chi connectivity index (χ0v) is 14.5. The van der Waals surface area contributed by atoms with Crippen molar-refractivity contribution in [2.45, 2.75) is 50.3 Å². The number of thioether (sulfide) groups is 1. The molecular formula is C18H26N2S. The van der Waals surface area contributed by atoms with Crippen molar-refractivity contribution in [3.05, 3.63) is 35.4 Å². The number of benzene rings is 1. The molecule has 0 saturated carbocycles. The molecule has 1 aliphatic heterocycles. The molecule has 1 aromatic rings. The summed E-state index contributed by atoms with van der Waals surface area (Å²) < 4.78 is -0.146. The van der Waals surface area contributed by atoms with Crippen molar-refractivity contribution in [1.82, 2.24) is 4.90 Å². The van der Waals surface area contributed by atoms with Crippen molar-refractivity contribution >= 4 is 11.8 Å². The van der Waals surface area contributed by atoms with Gasteiger partial charge in [0, 0.05) is 19.6 Å². The van der Waals surface area contributed by atoms with E-state index < -0.39 is 0 Å². The fourth-order valence-corrected chi connectivity index (χ4v) is 3.48. The third-order valence-corrected chi connectivity index (χ3v) is 5.77. The van der Waals surface area contributed by atoms with Gasteiger partial charge in [-0.3, -0.25) is 4.90 Å². The Bertz CT molecular complexity index is 500. The molecule has 1 fully saturated rings. The van der Waals surface area contributed by atoms with E-state index in [1.807, 2.05) is 0 Å². The Kier molecular flexibility index (Phi) is 5.01. The normalized spacial score (nSPS) is 19.2. The second kappa shape index (κ2) is 6.42. The molecule has 0 aromatic heterocycles. The second-order valence-corrected chi connectivity index (χ2v) is 8.22. The molecule has 0 bridgehead atoms. The van der Waals surface area contributed by atoms with Crippen molar-refractivity contribution in [2.75, 3.05) is 19.3 Å². The van der Waals surface area contributed by atoms with Crippen LogP contribution in [0, 0.1) is 11.3 Å². The van der Waals surface area contributed by atoms with E-state index in [0.29, 0.717) is 0 Å². The number of piperidine rings is 1. The summed E-state index contributed by atoms with van der Waals surface area (Å²) in [6.07, 6.45) is 4.01. The summed E-state index contributed by atoms with van der Waals surface area (Å²) in [6.45, 7) is 9.79. The Balaban J connectivity index is 1.94. The fraction of sp³-hybridized carbons (Fsp3) is 0.611. The van der Waals surface area contributed by atoms with Crippen LogP contribution in [0.4, 0.5) is 0 Å². The maximum absolute atomic E-state index is 9.33. The summed E-state index contributed by atoms with van der Waals surface area (Å²) in [5, 5.41) is 9.33. The molecule has 2 rings (SSSR count). The van der Waals surface area contributed by atoms with E-state index in [2.05, 4.69) is 62.3 Å². The number of hydrogen-bond acceptors (Lipinski definition) is 3. The Morgan fingerprint density at radius 1 is 1.19 bits per heavy atom. The lowest BCUT2D eigenvalue weighted by molar-refractivity contribution is 0.209. The molecule has 2 nitrogen and oxygen atoms in total. The maximum atomic E-state index is 9.33. The molecule has 0 atom stereocenters. The summed E-state index contributed by atoms with van der Waals surface area (Å²) in [5.74, 6) is 0. The summed E-state index contributed by atoms with van der Waals surface area (Å²) in [4.78, 5) is 2.47. The van der Waals surface area contributed by atoms with E-state index in [1.165, 1.54) is 11.1 Å². The number of rotatable bonds is 3. The Morgan fingerprint density at radius 2 is 1.76 bits per heavy atom. The topological polar surface area (TPSA) is 27.0 Å². The van der Waals surface area contributed by atoms with Crippen molar-refractivity contribution in [3.63, 3.8) is 0 Å². The van der Waals surface area contributed by atoms with Gasteiger partial charge >= 0.3 is 0 Å². The van der Waals surface area contributed by atoms with E-state index >= 15 is 0 Å². The smallest absolute Gasteiger partial charge is 0.104 e. The van der Waals surface area contributed by atoms with Crippen LogP contribution in [0.15, 0.2) is 24.3 Å². The Hall–Kier alpha value is -0.980. The largest absolute Gasteiger partial charge is 0.299 e. The monoisotopic (exact) mass is 302 g/mol. The molecule has 0 aliphatic carbocycles. The first-order valence-corrected chi connectivity index (χ1v) is 8.89. The lowest BCUT2D eigenvalue weighted by Crippen LogP contribution is -2.41. The zero-order valence-electron chi connectivity index (χ0n) is 13.6. The predicted octanol–water partition coefficient (Wildman–Crippen LogP) is 4.21. The van der Waals surface area contributed by atoms with Gasteiger partial charge < -0.3 is 0 Å². The predicted molar refractivity (Wildman–Crippen MR) is 91.5 cm³/mol. The third kappa shape index (κ3) is 4.02. The van der Waals surface area contributed by atoms with Crippen LogP contribution < -0.4 is 0 Å². The Labute approximate surface area is 133 Å². The Morgan fingerprint density at radius 3 is 2.19 bits per heavy atom. The van der Waals surface area contributed by atoms with Gasteiger partial charge in [0.05, 0.1) is 6.07 Å². The van der Waals surface area contributed by atoms with Crippen LogP contribution >= 0.6 is 11.8 Å². The van der Waals surface area contributed by atoms with Gasteiger partial charge in [-0.25, -0.2) is 0 Å². The molecule has 1 aliphatic rings. The second-order valence-electron chi connectivity index (χ2n) is 7.03. The zero-order chi connectivity index (χ0) is 15.5. The number of nitriles is 1. The standard InChI is InChI=1S/C18H26N2S/c1-17(2,3)16-7-5-15(6-8-16)13-20-11-9-18(14-19,21-4)10-12-20/h5-8H,9-13H2,1-4H3. The summed E-state index contributed by atoms with van der Waals surface area (Å²) in [7, 11) is 0. The van der Waals surface area contributed by atoms with E-state index in [0.717, 1.165) is 32.5 Å². The van der Waals surface area contributed by atoms with E-state index in [1.54, 1.807) is 11.8 Å². The summed E-state index contributed by atoms with van der Waals surface area (Å²) >= 11 is 1.72. The highest BCUT2D eigenvalue weighted by Crippen LogP contribution is 2.34. The van der Waals surface area contributed by atoms with Crippen molar-refractivity contribution in [3.8, 4) is 6.07 Å². The molecule has 0 N–H and O–H groups in total. The molecule has 0 spiro atoms. The molecule has 1 aromatic carbocycles. The fourth-order valence-electron chi connectivity index (χ4n) is 2.80. The SMILES string of the molecule is CSC1(C#N)CCN(Cc2ccc(C(C)(C)C)cc2)CC1. The van der Waals surface area contributed by atoms with Gasteiger partial charge in [0.15, 0.2) is 0 Å². The average Bonchev–Trinajstić information content (AvgIpc) is 2.48. The average molecular weight is 302 g/mol. The molecule has 0 unspecified atom stereocenters. The number of hydrogen-bond donors (Lipinski definition) is 0. The molecule has 3 heteroatoms. The van der Waals surface area contributed by atoms with Crippen molar-refractivity contribution < 1.29 is 0 Å². The van der Waals surface area contributed by atoms with Crippen LogP contribution in [-0.4, -0.2) is 29.0 Å². The minimum Gasteiger partial charge on any atom is -0.299 e. The molecular weight excluding hydrogens is 276 g/mol. The van der Waals surface area contributed by atoms with Gasteiger partial charge in [0.25, 0.3) is 0 Å². The van der Waals surface area contributed by atoms with Gasteiger partial charge in [-0.2, -0.15) is 5.26 Å². The van der Waals surface area contributed by atoms with Crippen molar-refractivity contribution in [2.24, 2.45) is 0 Å². The minimum atomic E-state index is -0.146. The van der Waals surface area contributed by atoms with E-state index in [-0.39, 0.29) is 10.2 Å². The van der Waals surface area contributed by atoms with Gasteiger partial charge in [-0.1, -0.05) is 45.0 Å². The van der Waals surface area contributed by atoms with Gasteiger partial charge in [-0.15, -0.1) is 11.8 Å². The van der Waals surface area contributed by atoms with Gasteiger partial charge in [-0.05, 0) is 35.6 Å². The molecule has 1 heterocycles. The quantitative estimate of drug-likeness (QED) is 0.837. The highest BCUT2D eigenvalue weighted by molar-refractivity contribution is 8.00. The lowest BCUT2D eigenvalue weighted by Gasteiger charge is -2.36. The summed E-state index contributed by atoms with van der Waals surface area (Å²) in [5.41, 5.74) is 2.97. The number of likely N-dealkylation sites (tertiary alicyclic amines) is 1. The minimum absolute atomic E-state index is 0.146. The first-order chi connectivity index (χ1) is 9.88. The first kappa shape index (κ1) is 16.4. The number of nitrogens with zero attached hydrogens (tertiary/aromatic N) is 2. The van der Waals surface area contributed by atoms with E-state index in [4.69, 9.17) is 0 Å². The molecule has 114 valence electrons. The first-order valence-electron chi connectivity index (χ1n) is 7.67. The van der Waals surface area contributed by atoms with Gasteiger partial charge in [0.1, 0.15) is 4.75 Å². The van der Waals surface area contributed by atoms with Gasteiger partial charge in [0.2, 0.25) is 0 Å². The highest BCUT2D eigenvalue weighted by Gasteiger charge is 2.33. The molecule has 0 amide bonds. The van der Waals surface area contributed by atoms with Crippen molar-refractivity contribution in [1.29, 1.82) is 5.26 Å². The molecule has 0 radical (unpaired) electrons. The molecule has 21 heavy (non-hydrogen) atoms. The van der Waals surface area contributed by atoms with Crippen LogP contribution in [0.2, 0.25) is 0 Å². The molecule has 1 saturated heterocycles. The van der Waals surface area contributed by atoms with Crippen LogP contribution in [-0.2, 0) is 12.0 Å². The third-order valence-electron chi connectivity index (χ3n) is 4.48. The lowest BCUT2D eigenvalue weighted by atomic mass is 9.86. The van der Waals surface area contributed by atoms with Crippen LogP contribution in [0.5, 0.6) is 0 Å². The van der Waals surface area contributed by atoms with Crippen LogP contribution in [0.25, 0.3) is 0 Å². The van der Waals surface area contributed by atoms with Crippen LogP contribution in [0.3, 0.4) is 0 Å². The van der Waals surface area contributed by atoms with E-state index in [9.17, 15) is 5.26 Å². The maximum Gasteiger partial charge on any atom is 0.104 e. The van der Waals surface area contributed by atoms with Crippen LogP contribution in [0.1, 0.15) is 44.7 Å². The highest BCUT2D eigenvalue weighted by atomic mass is 32.2. The summed E-state index contributed by atoms with van der Waals surface area (Å²) in [6, 6.07) is 11.5.